The number of pyridine rings is 2. The van der Waals surface area contributed by atoms with Gasteiger partial charge < -0.3 is 9.80 Å². The third kappa shape index (κ3) is 3.80. The summed E-state index contributed by atoms with van der Waals surface area (Å²) in [7, 11) is 0. The summed E-state index contributed by atoms with van der Waals surface area (Å²) in [6.07, 6.45) is 8.27. The molecule has 4 nitrogen and oxygen atoms in total. The molecule has 9 rings (SSSR count). The minimum absolute atomic E-state index is 0.0880. The van der Waals surface area contributed by atoms with Gasteiger partial charge in [0, 0.05) is 12.4 Å². The van der Waals surface area contributed by atoms with Gasteiger partial charge in [0.1, 0.15) is 0 Å². The molecule has 2 aromatic heterocycles. The molecule has 232 valence electrons. The van der Waals surface area contributed by atoms with E-state index in [1.54, 1.807) is 0 Å². The molecule has 0 aliphatic carbocycles. The molecular formula is C42H38B2N4. The Kier molecular flexibility index (Phi) is 6.18. The lowest BCUT2D eigenvalue weighted by molar-refractivity contribution is 1.14. The molecule has 0 radical (unpaired) electrons. The van der Waals surface area contributed by atoms with E-state index < -0.39 is 0 Å². The van der Waals surface area contributed by atoms with Crippen molar-refractivity contribution in [3.05, 3.63) is 130 Å². The monoisotopic (exact) mass is 620 g/mol. The van der Waals surface area contributed by atoms with Crippen LogP contribution in [-0.2, 0) is 0 Å². The van der Waals surface area contributed by atoms with Crippen LogP contribution in [0.3, 0.4) is 0 Å². The zero-order chi connectivity index (χ0) is 33.2. The van der Waals surface area contributed by atoms with Crippen LogP contribution in [0.2, 0.25) is 0 Å². The highest BCUT2D eigenvalue weighted by atomic mass is 15.3. The van der Waals surface area contributed by atoms with Crippen molar-refractivity contribution < 1.29 is 0 Å². The molecule has 3 aliphatic rings. The Morgan fingerprint density at radius 1 is 0.417 bits per heavy atom. The molecule has 4 aromatic carbocycles. The van der Waals surface area contributed by atoms with Crippen LogP contribution in [0, 0.1) is 55.4 Å². The maximum absolute atomic E-state index is 4.83. The SMILES string of the molecule is Cc1cc(C)c(B2c3cccc4c3N(c3cncc(C)c32)c2cccc3c2N4c2cncc(C)c2B3c2c(C)cc(C)cc2C)c(C)c1. The summed E-state index contributed by atoms with van der Waals surface area (Å²) in [6.45, 7) is 18.1. The number of hydrogen-bond donors (Lipinski definition) is 0. The molecule has 0 saturated heterocycles. The first kappa shape index (κ1) is 29.1. The van der Waals surface area contributed by atoms with E-state index in [-0.39, 0.29) is 13.4 Å². The third-order valence-corrected chi connectivity index (χ3v) is 11.1. The Hall–Kier alpha value is -5.09. The number of aromatic nitrogens is 2. The van der Waals surface area contributed by atoms with Crippen molar-refractivity contribution >= 4 is 80.3 Å². The zero-order valence-corrected chi connectivity index (χ0v) is 29.0. The van der Waals surface area contributed by atoms with E-state index in [9.17, 15) is 0 Å². The Bertz CT molecular complexity index is 2170. The molecule has 0 spiro atoms. The van der Waals surface area contributed by atoms with E-state index >= 15 is 0 Å². The first-order valence-electron chi connectivity index (χ1n) is 17.1. The Morgan fingerprint density at radius 2 is 0.792 bits per heavy atom. The maximum Gasteiger partial charge on any atom is 0.247 e. The van der Waals surface area contributed by atoms with Crippen LogP contribution in [0.4, 0.5) is 34.1 Å². The number of para-hydroxylation sites is 2. The van der Waals surface area contributed by atoms with Crippen molar-refractivity contribution in [1.82, 2.24) is 9.97 Å². The number of aryl methyl sites for hydroxylation is 8. The van der Waals surface area contributed by atoms with Crippen molar-refractivity contribution in [1.29, 1.82) is 0 Å². The summed E-state index contributed by atoms with van der Waals surface area (Å²) in [5, 5.41) is 0. The number of anilines is 6. The number of fused-ring (bicyclic) bond motifs is 6. The molecule has 6 heteroatoms. The second kappa shape index (κ2) is 10.2. The standard InChI is InChI=1S/C42H38B2N4/c1-23-15-25(3)37(26(4)16-23)43-31-11-9-13-33-41(31)47(35-21-45-19-29(7)39(35)43)34-14-10-12-32-42(34)48(33)36-22-46-20-30(8)40(36)44(32)38-27(5)17-24(2)18-28(38)6/h9-22H,1-8H3. The minimum atomic E-state index is 0.0880. The van der Waals surface area contributed by atoms with E-state index in [1.807, 2.05) is 12.4 Å². The normalized spacial score (nSPS) is 13.7. The first-order valence-corrected chi connectivity index (χ1v) is 17.1. The Labute approximate surface area is 284 Å². The highest BCUT2D eigenvalue weighted by Gasteiger charge is 2.47. The minimum Gasteiger partial charge on any atom is -0.306 e. The number of rotatable bonds is 2. The molecule has 5 heterocycles. The van der Waals surface area contributed by atoms with Gasteiger partial charge in [-0.15, -0.1) is 0 Å². The van der Waals surface area contributed by atoms with Crippen molar-refractivity contribution in [2.75, 3.05) is 9.80 Å². The predicted octanol–water partition coefficient (Wildman–Crippen LogP) is 5.86. The molecule has 48 heavy (non-hydrogen) atoms. The van der Waals surface area contributed by atoms with Gasteiger partial charge in [-0.25, -0.2) is 0 Å². The predicted molar refractivity (Wildman–Crippen MR) is 205 cm³/mol. The third-order valence-electron chi connectivity index (χ3n) is 11.1. The van der Waals surface area contributed by atoms with Gasteiger partial charge in [0.25, 0.3) is 0 Å². The van der Waals surface area contributed by atoms with Crippen LogP contribution >= 0.6 is 0 Å². The maximum atomic E-state index is 4.83. The molecule has 0 fully saturated rings. The van der Waals surface area contributed by atoms with Crippen LogP contribution in [0.25, 0.3) is 0 Å². The van der Waals surface area contributed by atoms with Crippen molar-refractivity contribution in [3.8, 4) is 0 Å². The lowest BCUT2D eigenvalue weighted by Crippen LogP contribution is -2.62. The highest BCUT2D eigenvalue weighted by molar-refractivity contribution is 7.00. The Morgan fingerprint density at radius 3 is 1.17 bits per heavy atom. The molecule has 0 saturated carbocycles. The fourth-order valence-electron chi connectivity index (χ4n) is 9.59. The highest BCUT2D eigenvalue weighted by Crippen LogP contribution is 2.54. The van der Waals surface area contributed by atoms with Crippen molar-refractivity contribution in [2.24, 2.45) is 0 Å². The Balaban J connectivity index is 1.40. The van der Waals surface area contributed by atoms with Crippen LogP contribution in [0.15, 0.2) is 85.5 Å². The lowest BCUT2D eigenvalue weighted by atomic mass is 9.32. The van der Waals surface area contributed by atoms with Gasteiger partial charge in [0.05, 0.1) is 46.5 Å². The van der Waals surface area contributed by atoms with Crippen LogP contribution in [0.1, 0.15) is 44.5 Å². The van der Waals surface area contributed by atoms with E-state index in [2.05, 4.69) is 138 Å². The number of nitrogens with zero attached hydrogens (tertiary/aromatic N) is 4. The summed E-state index contributed by atoms with van der Waals surface area (Å²) in [4.78, 5) is 14.7. The van der Waals surface area contributed by atoms with Crippen LogP contribution < -0.4 is 42.6 Å². The summed E-state index contributed by atoms with van der Waals surface area (Å²) >= 11 is 0. The fraction of sp³-hybridized carbons (Fsp3) is 0.190. The van der Waals surface area contributed by atoms with Crippen LogP contribution in [-0.4, -0.2) is 23.4 Å². The van der Waals surface area contributed by atoms with Gasteiger partial charge in [-0.3, -0.25) is 9.97 Å². The van der Waals surface area contributed by atoms with E-state index in [1.165, 1.54) is 111 Å². The molecule has 3 aliphatic heterocycles. The van der Waals surface area contributed by atoms with E-state index in [4.69, 9.17) is 9.97 Å². The zero-order valence-electron chi connectivity index (χ0n) is 29.0. The summed E-state index contributed by atoms with van der Waals surface area (Å²) < 4.78 is 0. The van der Waals surface area contributed by atoms with Gasteiger partial charge >= 0.3 is 0 Å². The van der Waals surface area contributed by atoms with E-state index in [0.29, 0.717) is 0 Å². The molecule has 0 atom stereocenters. The second-order valence-electron chi connectivity index (χ2n) is 14.4. The van der Waals surface area contributed by atoms with Crippen LogP contribution in [0.5, 0.6) is 0 Å². The average molecular weight is 620 g/mol. The number of hydrogen-bond acceptors (Lipinski definition) is 4. The first-order chi connectivity index (χ1) is 23.2. The smallest absolute Gasteiger partial charge is 0.247 e. The van der Waals surface area contributed by atoms with Gasteiger partial charge in [0.2, 0.25) is 13.4 Å². The van der Waals surface area contributed by atoms with Crippen molar-refractivity contribution in [3.63, 3.8) is 0 Å². The fourth-order valence-corrected chi connectivity index (χ4v) is 9.59. The van der Waals surface area contributed by atoms with Crippen molar-refractivity contribution in [2.45, 2.75) is 55.4 Å². The molecular weight excluding hydrogens is 582 g/mol. The van der Waals surface area contributed by atoms with Gasteiger partial charge in [-0.2, -0.15) is 0 Å². The summed E-state index contributed by atoms with van der Waals surface area (Å²) in [5.74, 6) is 0. The molecule has 0 bridgehead atoms. The van der Waals surface area contributed by atoms with Gasteiger partial charge in [0.15, 0.2) is 0 Å². The summed E-state index contributed by atoms with van der Waals surface area (Å²) in [5.41, 5.74) is 25.7. The summed E-state index contributed by atoms with van der Waals surface area (Å²) in [6, 6.07) is 23.2. The van der Waals surface area contributed by atoms with Gasteiger partial charge in [-0.1, -0.05) is 92.8 Å². The molecule has 0 amide bonds. The topological polar surface area (TPSA) is 32.3 Å². The largest absolute Gasteiger partial charge is 0.306 e. The molecule has 0 unspecified atom stereocenters. The molecule has 6 aromatic rings. The van der Waals surface area contributed by atoms with E-state index in [0.717, 1.165) is 0 Å². The lowest BCUT2D eigenvalue weighted by Gasteiger charge is -2.49. The second-order valence-corrected chi connectivity index (χ2v) is 14.4. The quantitative estimate of drug-likeness (QED) is 0.227. The van der Waals surface area contributed by atoms with Gasteiger partial charge in [-0.05, 0) is 101 Å². The number of benzene rings is 4. The average Bonchev–Trinajstić information content (AvgIpc) is 3.03. The molecule has 0 N–H and O–H groups in total.